The second-order valence-electron chi connectivity index (χ2n) is 8.09. The fourth-order valence-corrected chi connectivity index (χ4v) is 4.00. The summed E-state index contributed by atoms with van der Waals surface area (Å²) in [5.74, 6) is 0. The molecule has 0 aromatic carbocycles. The van der Waals surface area contributed by atoms with E-state index in [1.54, 1.807) is 0 Å². The Morgan fingerprint density at radius 3 is 1.53 bits per heavy atom. The molecule has 180 valence electrons. The summed E-state index contributed by atoms with van der Waals surface area (Å²) in [4.78, 5) is 17.0. The first-order valence-corrected chi connectivity index (χ1v) is 12.1. The third-order valence-corrected chi connectivity index (χ3v) is 5.87. The van der Waals surface area contributed by atoms with Gasteiger partial charge in [0.1, 0.15) is 24.4 Å². The highest BCUT2D eigenvalue weighted by Gasteiger charge is 2.46. The summed E-state index contributed by atoms with van der Waals surface area (Å²) in [5.41, 5.74) is 11.3. The van der Waals surface area contributed by atoms with Crippen molar-refractivity contribution >= 4 is 7.82 Å². The fraction of sp³-hybridized carbons (Fsp3) is 1.00. The van der Waals surface area contributed by atoms with Crippen LogP contribution in [0.4, 0.5) is 0 Å². The Morgan fingerprint density at radius 1 is 0.800 bits per heavy atom. The average molecular weight is 458 g/mol. The van der Waals surface area contributed by atoms with E-state index in [-0.39, 0.29) is 0 Å². The quantitative estimate of drug-likeness (QED) is 0.252. The van der Waals surface area contributed by atoms with E-state index in [1.165, 1.54) is 64.2 Å². The van der Waals surface area contributed by atoms with Crippen LogP contribution in [0.5, 0.6) is 0 Å². The third kappa shape index (κ3) is 10.9. The molecule has 3 rings (SSSR count). The molecule has 3 fully saturated rings. The molecular formula is C18H39N2O9P. The van der Waals surface area contributed by atoms with Crippen molar-refractivity contribution in [2.24, 2.45) is 11.5 Å². The van der Waals surface area contributed by atoms with Crippen LogP contribution in [-0.2, 0) is 13.8 Å². The number of hydrogen-bond acceptors (Lipinski definition) is 9. The van der Waals surface area contributed by atoms with Gasteiger partial charge in [0, 0.05) is 12.1 Å². The zero-order chi connectivity index (χ0) is 22.7. The first-order valence-electron chi connectivity index (χ1n) is 10.6. The molecule has 0 spiro atoms. The smallest absolute Gasteiger partial charge is 0.394 e. The molecule has 0 radical (unpaired) electrons. The van der Waals surface area contributed by atoms with Gasteiger partial charge >= 0.3 is 7.82 Å². The maximum Gasteiger partial charge on any atom is 0.472 e. The van der Waals surface area contributed by atoms with Crippen molar-refractivity contribution in [3.8, 4) is 0 Å². The van der Waals surface area contributed by atoms with Crippen molar-refractivity contribution in [1.29, 1.82) is 0 Å². The Labute approximate surface area is 177 Å². The maximum absolute atomic E-state index is 10.5. The minimum Gasteiger partial charge on any atom is -0.394 e. The van der Waals surface area contributed by atoms with E-state index in [9.17, 15) is 19.9 Å². The number of aliphatic hydroxyl groups is 4. The molecule has 1 saturated heterocycles. The minimum atomic E-state index is -4.91. The zero-order valence-corrected chi connectivity index (χ0v) is 18.2. The molecule has 0 unspecified atom stereocenters. The predicted octanol–water partition coefficient (Wildman–Crippen LogP) is -0.549. The van der Waals surface area contributed by atoms with Crippen LogP contribution in [0.15, 0.2) is 0 Å². The molecule has 0 aromatic heterocycles. The van der Waals surface area contributed by atoms with Crippen molar-refractivity contribution in [2.75, 3.05) is 6.61 Å². The number of aliphatic hydroxyl groups excluding tert-OH is 4. The molecule has 1 aliphatic heterocycles. The molecule has 2 aliphatic carbocycles. The van der Waals surface area contributed by atoms with Crippen molar-refractivity contribution in [3.63, 3.8) is 0 Å². The largest absolute Gasteiger partial charge is 0.472 e. The Hall–Kier alpha value is -0.170. The van der Waals surface area contributed by atoms with Gasteiger partial charge < -0.3 is 46.4 Å². The molecule has 30 heavy (non-hydrogen) atoms. The van der Waals surface area contributed by atoms with E-state index >= 15 is 0 Å². The Balaban J connectivity index is 0.000000263. The second-order valence-corrected chi connectivity index (χ2v) is 9.28. The van der Waals surface area contributed by atoms with Crippen molar-refractivity contribution in [3.05, 3.63) is 0 Å². The van der Waals surface area contributed by atoms with Gasteiger partial charge in [-0.25, -0.2) is 4.57 Å². The van der Waals surface area contributed by atoms with Crippen LogP contribution in [0, 0.1) is 0 Å². The number of ether oxygens (including phenoxy) is 1. The van der Waals surface area contributed by atoms with Crippen molar-refractivity contribution < 1.29 is 44.0 Å². The summed E-state index contributed by atoms with van der Waals surface area (Å²) < 4.78 is 19.2. The normalized spacial score (nSPS) is 33.7. The Morgan fingerprint density at radius 2 is 1.23 bits per heavy atom. The highest BCUT2D eigenvalue weighted by Crippen LogP contribution is 2.40. The standard InChI is InChI=1S/2C6H13N.C6H13O9P/c2*7-6-4-2-1-3-5-6;7-1-2-3(8)4(9)5(10)6(14-2)15-16(11,12)13/h2*6H,1-5,7H2;2-10H,1H2,(H2,11,12,13)/t;;2-,3-,4+,5-,6+/m..1/s1. The predicted molar refractivity (Wildman–Crippen MR) is 109 cm³/mol. The van der Waals surface area contributed by atoms with Crippen LogP contribution in [0.3, 0.4) is 0 Å². The van der Waals surface area contributed by atoms with Gasteiger partial charge in [0.15, 0.2) is 6.29 Å². The molecule has 12 heteroatoms. The molecule has 5 atom stereocenters. The maximum atomic E-state index is 10.5. The van der Waals surface area contributed by atoms with Crippen LogP contribution >= 0.6 is 7.82 Å². The summed E-state index contributed by atoms with van der Waals surface area (Å²) in [5, 5.41) is 36.6. The van der Waals surface area contributed by atoms with Gasteiger partial charge in [-0.15, -0.1) is 0 Å². The summed E-state index contributed by atoms with van der Waals surface area (Å²) in [7, 11) is -4.91. The lowest BCUT2D eigenvalue weighted by Crippen LogP contribution is -2.58. The first-order chi connectivity index (χ1) is 14.0. The Bertz CT molecular complexity index is 480. The molecule has 10 N–H and O–H groups in total. The molecule has 2 saturated carbocycles. The number of nitrogens with two attached hydrogens (primary N) is 2. The van der Waals surface area contributed by atoms with E-state index in [1.807, 2.05) is 0 Å². The molecule has 0 aromatic rings. The summed E-state index contributed by atoms with van der Waals surface area (Å²) >= 11 is 0. The van der Waals surface area contributed by atoms with E-state index in [4.69, 9.17) is 26.4 Å². The van der Waals surface area contributed by atoms with Crippen LogP contribution in [0.2, 0.25) is 0 Å². The fourth-order valence-electron chi connectivity index (χ4n) is 3.56. The third-order valence-electron chi connectivity index (χ3n) is 5.39. The van der Waals surface area contributed by atoms with E-state index < -0.39 is 45.1 Å². The monoisotopic (exact) mass is 458 g/mol. The molecule has 11 nitrogen and oxygen atoms in total. The summed E-state index contributed by atoms with van der Waals surface area (Å²) in [6, 6.07) is 1.07. The number of phosphoric acid groups is 1. The SMILES string of the molecule is NC1CCCCC1.NC1CCCCC1.O=P(O)(O)O[C@@H]1O[C@H](CO)[C@@H](O)[C@H](O)[C@H]1O. The molecule has 3 aliphatic rings. The van der Waals surface area contributed by atoms with E-state index in [2.05, 4.69) is 9.26 Å². The topological polar surface area (TPSA) is 209 Å². The lowest BCUT2D eigenvalue weighted by molar-refractivity contribution is -0.280. The number of rotatable bonds is 3. The number of phosphoric ester groups is 1. The van der Waals surface area contributed by atoms with E-state index in [0.717, 1.165) is 0 Å². The van der Waals surface area contributed by atoms with Gasteiger partial charge in [-0.05, 0) is 25.7 Å². The second kappa shape index (κ2) is 14.1. The van der Waals surface area contributed by atoms with Gasteiger partial charge in [-0.2, -0.15) is 0 Å². The molecule has 1 heterocycles. The summed E-state index contributed by atoms with van der Waals surface area (Å²) in [6.45, 7) is -0.702. The average Bonchev–Trinajstić information content (AvgIpc) is 2.70. The van der Waals surface area contributed by atoms with Gasteiger partial charge in [-0.3, -0.25) is 4.52 Å². The van der Waals surface area contributed by atoms with Crippen LogP contribution in [0.1, 0.15) is 64.2 Å². The van der Waals surface area contributed by atoms with Gasteiger partial charge in [0.05, 0.1) is 6.61 Å². The summed E-state index contributed by atoms with van der Waals surface area (Å²) in [6.07, 6.45) is 5.07. The lowest BCUT2D eigenvalue weighted by atomic mass is 9.97. The van der Waals surface area contributed by atoms with Gasteiger partial charge in [0.25, 0.3) is 0 Å². The van der Waals surface area contributed by atoms with Crippen molar-refractivity contribution in [2.45, 2.75) is 107 Å². The van der Waals surface area contributed by atoms with Crippen molar-refractivity contribution in [1.82, 2.24) is 0 Å². The van der Waals surface area contributed by atoms with Gasteiger partial charge in [0.2, 0.25) is 0 Å². The molecule has 0 amide bonds. The Kier molecular flexibility index (Phi) is 13.1. The number of hydrogen-bond donors (Lipinski definition) is 8. The van der Waals surface area contributed by atoms with Crippen LogP contribution in [-0.4, -0.2) is 79.6 Å². The van der Waals surface area contributed by atoms with Gasteiger partial charge in [-0.1, -0.05) is 38.5 Å². The first kappa shape index (κ1) is 27.9. The molecular weight excluding hydrogens is 419 g/mol. The lowest BCUT2D eigenvalue weighted by Gasteiger charge is -2.39. The molecule has 0 bridgehead atoms. The minimum absolute atomic E-state index is 0.536. The highest BCUT2D eigenvalue weighted by molar-refractivity contribution is 7.46. The highest BCUT2D eigenvalue weighted by atomic mass is 31.2. The zero-order valence-electron chi connectivity index (χ0n) is 17.3. The van der Waals surface area contributed by atoms with Crippen LogP contribution < -0.4 is 11.5 Å². The van der Waals surface area contributed by atoms with E-state index in [0.29, 0.717) is 12.1 Å². The van der Waals surface area contributed by atoms with Crippen LogP contribution in [0.25, 0.3) is 0 Å².